The van der Waals surface area contributed by atoms with E-state index in [0.29, 0.717) is 12.0 Å². The van der Waals surface area contributed by atoms with E-state index in [4.69, 9.17) is 4.74 Å². The topological polar surface area (TPSA) is 21.3 Å². The van der Waals surface area contributed by atoms with Crippen LogP contribution in [0, 0.1) is 6.92 Å². The van der Waals surface area contributed by atoms with Gasteiger partial charge in [-0.1, -0.05) is 48.0 Å². The Morgan fingerprint density at radius 1 is 1.15 bits per heavy atom. The summed E-state index contributed by atoms with van der Waals surface area (Å²) >= 11 is 0. The maximum absolute atomic E-state index is 5.72. The first-order valence-corrected chi connectivity index (χ1v) is 7.25. The molecule has 1 N–H and O–H groups in total. The molecular formula is C18H21NO. The molecule has 104 valence electrons. The molecular weight excluding hydrogens is 246 g/mol. The molecule has 0 aliphatic carbocycles. The van der Waals surface area contributed by atoms with Gasteiger partial charge < -0.3 is 10.1 Å². The Labute approximate surface area is 120 Å². The fraction of sp³-hybridized carbons (Fsp3) is 0.333. The smallest absolute Gasteiger partial charge is 0.122 e. The van der Waals surface area contributed by atoms with Crippen molar-refractivity contribution in [3.63, 3.8) is 0 Å². The highest BCUT2D eigenvalue weighted by molar-refractivity contribution is 5.39. The molecule has 1 aliphatic heterocycles. The molecule has 0 amide bonds. The first kappa shape index (κ1) is 13.2. The van der Waals surface area contributed by atoms with Crippen LogP contribution in [0.15, 0.2) is 48.5 Å². The normalized spacial score (nSPS) is 18.4. The van der Waals surface area contributed by atoms with Crippen LogP contribution in [-0.2, 0) is 0 Å². The molecule has 0 bridgehead atoms. The SMILES string of the molecule is Cc1ccc(C(C)NCC2COc3ccccc32)cc1. The molecule has 3 rings (SSSR count). The van der Waals surface area contributed by atoms with Crippen molar-refractivity contribution in [1.29, 1.82) is 0 Å². The molecule has 2 unspecified atom stereocenters. The molecule has 0 saturated carbocycles. The number of para-hydroxylation sites is 1. The van der Waals surface area contributed by atoms with Crippen LogP contribution in [0.2, 0.25) is 0 Å². The molecule has 2 aromatic carbocycles. The second kappa shape index (κ2) is 5.68. The van der Waals surface area contributed by atoms with Gasteiger partial charge in [-0.3, -0.25) is 0 Å². The fourth-order valence-electron chi connectivity index (χ4n) is 2.69. The van der Waals surface area contributed by atoms with Gasteiger partial charge in [0, 0.05) is 24.1 Å². The van der Waals surface area contributed by atoms with Crippen molar-refractivity contribution in [2.75, 3.05) is 13.2 Å². The van der Waals surface area contributed by atoms with Crippen LogP contribution in [0.1, 0.15) is 35.6 Å². The maximum Gasteiger partial charge on any atom is 0.122 e. The third kappa shape index (κ3) is 2.70. The lowest BCUT2D eigenvalue weighted by Gasteiger charge is -2.17. The van der Waals surface area contributed by atoms with Crippen molar-refractivity contribution in [2.45, 2.75) is 25.8 Å². The molecule has 2 atom stereocenters. The van der Waals surface area contributed by atoms with Crippen molar-refractivity contribution in [3.8, 4) is 5.75 Å². The summed E-state index contributed by atoms with van der Waals surface area (Å²) in [6.45, 7) is 6.07. The number of nitrogens with one attached hydrogen (secondary N) is 1. The largest absolute Gasteiger partial charge is 0.493 e. The summed E-state index contributed by atoms with van der Waals surface area (Å²) in [6, 6.07) is 17.4. The number of ether oxygens (including phenoxy) is 1. The van der Waals surface area contributed by atoms with Gasteiger partial charge in [-0.15, -0.1) is 0 Å². The molecule has 0 radical (unpaired) electrons. The molecule has 1 aliphatic rings. The van der Waals surface area contributed by atoms with Crippen molar-refractivity contribution in [1.82, 2.24) is 5.32 Å². The van der Waals surface area contributed by atoms with Crippen LogP contribution >= 0.6 is 0 Å². The van der Waals surface area contributed by atoms with E-state index in [-0.39, 0.29) is 0 Å². The molecule has 2 nitrogen and oxygen atoms in total. The molecule has 0 aromatic heterocycles. The van der Waals surface area contributed by atoms with Gasteiger partial charge in [0.25, 0.3) is 0 Å². The zero-order valence-electron chi connectivity index (χ0n) is 12.1. The van der Waals surface area contributed by atoms with E-state index in [1.54, 1.807) is 0 Å². The number of hydrogen-bond donors (Lipinski definition) is 1. The van der Waals surface area contributed by atoms with E-state index in [1.165, 1.54) is 16.7 Å². The zero-order chi connectivity index (χ0) is 13.9. The summed E-state index contributed by atoms with van der Waals surface area (Å²) in [6.07, 6.45) is 0. The minimum Gasteiger partial charge on any atom is -0.493 e. The van der Waals surface area contributed by atoms with Crippen LogP contribution in [0.4, 0.5) is 0 Å². The highest BCUT2D eigenvalue weighted by Gasteiger charge is 2.23. The summed E-state index contributed by atoms with van der Waals surface area (Å²) in [5, 5.41) is 3.62. The Balaban J connectivity index is 1.62. The summed E-state index contributed by atoms with van der Waals surface area (Å²) in [5.41, 5.74) is 3.97. The van der Waals surface area contributed by atoms with Crippen molar-refractivity contribution in [3.05, 3.63) is 65.2 Å². The summed E-state index contributed by atoms with van der Waals surface area (Å²) < 4.78 is 5.72. The number of aryl methyl sites for hydroxylation is 1. The monoisotopic (exact) mass is 267 g/mol. The van der Waals surface area contributed by atoms with Crippen LogP contribution in [0.5, 0.6) is 5.75 Å². The average molecular weight is 267 g/mol. The van der Waals surface area contributed by atoms with Gasteiger partial charge in [0.15, 0.2) is 0 Å². The Morgan fingerprint density at radius 3 is 2.70 bits per heavy atom. The molecule has 2 heteroatoms. The highest BCUT2D eigenvalue weighted by Crippen LogP contribution is 2.33. The Bertz CT molecular complexity index is 576. The lowest BCUT2D eigenvalue weighted by Crippen LogP contribution is -2.25. The van der Waals surface area contributed by atoms with Gasteiger partial charge in [0.2, 0.25) is 0 Å². The van der Waals surface area contributed by atoms with Crippen LogP contribution in [-0.4, -0.2) is 13.2 Å². The first-order chi connectivity index (χ1) is 9.74. The zero-order valence-corrected chi connectivity index (χ0v) is 12.1. The van der Waals surface area contributed by atoms with Crippen LogP contribution in [0.25, 0.3) is 0 Å². The quantitative estimate of drug-likeness (QED) is 0.909. The average Bonchev–Trinajstić information content (AvgIpc) is 2.89. The standard InChI is InChI=1S/C18H21NO/c1-13-7-9-15(10-8-13)14(2)19-11-16-12-20-18-6-4-3-5-17(16)18/h3-10,14,16,19H,11-12H2,1-2H3. The molecule has 0 saturated heterocycles. The van der Waals surface area contributed by atoms with Crippen LogP contribution < -0.4 is 10.1 Å². The molecule has 2 aromatic rings. The predicted octanol–water partition coefficient (Wildman–Crippen LogP) is 3.82. The van der Waals surface area contributed by atoms with Gasteiger partial charge >= 0.3 is 0 Å². The van der Waals surface area contributed by atoms with E-state index in [9.17, 15) is 0 Å². The van der Waals surface area contributed by atoms with E-state index >= 15 is 0 Å². The molecule has 1 heterocycles. The second-order valence-corrected chi connectivity index (χ2v) is 5.59. The van der Waals surface area contributed by atoms with Gasteiger partial charge in [-0.2, -0.15) is 0 Å². The fourth-order valence-corrected chi connectivity index (χ4v) is 2.69. The van der Waals surface area contributed by atoms with Gasteiger partial charge in [0.05, 0.1) is 6.61 Å². The minimum atomic E-state index is 0.364. The number of benzene rings is 2. The molecule has 0 spiro atoms. The van der Waals surface area contributed by atoms with Gasteiger partial charge in [0.1, 0.15) is 5.75 Å². The summed E-state index contributed by atoms with van der Waals surface area (Å²) in [7, 11) is 0. The van der Waals surface area contributed by atoms with E-state index in [2.05, 4.69) is 61.6 Å². The number of rotatable bonds is 4. The minimum absolute atomic E-state index is 0.364. The predicted molar refractivity (Wildman–Crippen MR) is 82.3 cm³/mol. The highest BCUT2D eigenvalue weighted by atomic mass is 16.5. The Kier molecular flexibility index (Phi) is 3.75. The van der Waals surface area contributed by atoms with E-state index < -0.39 is 0 Å². The molecule has 20 heavy (non-hydrogen) atoms. The van der Waals surface area contributed by atoms with Crippen molar-refractivity contribution < 1.29 is 4.74 Å². The Morgan fingerprint density at radius 2 is 1.90 bits per heavy atom. The third-order valence-electron chi connectivity index (χ3n) is 4.05. The summed E-state index contributed by atoms with van der Waals surface area (Å²) in [5.74, 6) is 1.50. The summed E-state index contributed by atoms with van der Waals surface area (Å²) in [4.78, 5) is 0. The molecule has 0 fully saturated rings. The lowest BCUT2D eigenvalue weighted by molar-refractivity contribution is 0.323. The lowest BCUT2D eigenvalue weighted by atomic mass is 10.00. The van der Waals surface area contributed by atoms with Gasteiger partial charge in [-0.25, -0.2) is 0 Å². The van der Waals surface area contributed by atoms with E-state index in [1.807, 2.05) is 6.07 Å². The van der Waals surface area contributed by atoms with Crippen molar-refractivity contribution >= 4 is 0 Å². The van der Waals surface area contributed by atoms with Crippen LogP contribution in [0.3, 0.4) is 0 Å². The maximum atomic E-state index is 5.72. The van der Waals surface area contributed by atoms with E-state index in [0.717, 1.165) is 18.9 Å². The first-order valence-electron chi connectivity index (χ1n) is 7.25. The number of fused-ring (bicyclic) bond motifs is 1. The number of hydrogen-bond acceptors (Lipinski definition) is 2. The Hall–Kier alpha value is -1.80. The second-order valence-electron chi connectivity index (χ2n) is 5.59. The van der Waals surface area contributed by atoms with Gasteiger partial charge in [-0.05, 0) is 25.5 Å². The third-order valence-corrected chi connectivity index (χ3v) is 4.05. The van der Waals surface area contributed by atoms with Crippen molar-refractivity contribution in [2.24, 2.45) is 0 Å².